The summed E-state index contributed by atoms with van der Waals surface area (Å²) in [6.45, 7) is 6.27. The average Bonchev–Trinajstić information content (AvgIpc) is 2.93. The number of halogens is 1. The Morgan fingerprint density at radius 3 is 2.95 bits per heavy atom. The highest BCUT2D eigenvalue weighted by Gasteiger charge is 2.26. The lowest BCUT2D eigenvalue weighted by Gasteiger charge is -2.36. The van der Waals surface area contributed by atoms with Crippen molar-refractivity contribution in [1.29, 1.82) is 0 Å². The molecule has 0 saturated carbocycles. The van der Waals surface area contributed by atoms with Crippen LogP contribution in [0.15, 0.2) is 28.7 Å². The zero-order valence-electron chi connectivity index (χ0n) is 12.1. The Hall–Kier alpha value is -1.04. The van der Waals surface area contributed by atoms with Crippen LogP contribution >= 0.6 is 23.4 Å². The smallest absolute Gasteiger partial charge is 0.249 e. The quantitative estimate of drug-likeness (QED) is 0.861. The van der Waals surface area contributed by atoms with Gasteiger partial charge in [0.2, 0.25) is 11.8 Å². The second-order valence-corrected chi connectivity index (χ2v) is 7.16. The fraction of sp³-hybridized carbons (Fsp3) is 0.467. The molecule has 4 nitrogen and oxygen atoms in total. The van der Waals surface area contributed by atoms with Crippen LogP contribution in [0.25, 0.3) is 11.5 Å². The van der Waals surface area contributed by atoms with Crippen LogP contribution in [0.3, 0.4) is 0 Å². The van der Waals surface area contributed by atoms with Crippen molar-refractivity contribution in [3.63, 3.8) is 0 Å². The molecule has 0 spiro atoms. The summed E-state index contributed by atoms with van der Waals surface area (Å²) in [5, 5.41) is 9.55. The largest absolute Gasteiger partial charge is 0.419 e. The van der Waals surface area contributed by atoms with Crippen molar-refractivity contribution < 1.29 is 4.42 Å². The molecule has 6 heteroatoms. The lowest BCUT2D eigenvalue weighted by Crippen LogP contribution is -2.44. The first-order valence-corrected chi connectivity index (χ1v) is 8.51. The molecule has 2 aromatic rings. The number of thioether (sulfide) groups is 1. The molecule has 0 amide bonds. The molecule has 0 bridgehead atoms. The van der Waals surface area contributed by atoms with E-state index in [1.165, 1.54) is 0 Å². The standard InChI is InChI=1S/C15H18ClN3OS/c1-10-11(2)21-8-7-19(10)9-14-17-18-15(20-14)12-5-3-4-6-13(12)16/h3-6,10-11H,7-9H2,1-2H3/t10-,11-/m1/s1. The highest BCUT2D eigenvalue weighted by molar-refractivity contribution is 8.00. The summed E-state index contributed by atoms with van der Waals surface area (Å²) < 4.78 is 5.78. The van der Waals surface area contributed by atoms with Crippen molar-refractivity contribution in [3.05, 3.63) is 35.2 Å². The van der Waals surface area contributed by atoms with Gasteiger partial charge in [0.1, 0.15) is 0 Å². The predicted octanol–water partition coefficient (Wildman–Crippen LogP) is 3.72. The Bertz CT molecular complexity index is 618. The number of aromatic nitrogens is 2. The number of rotatable bonds is 3. The topological polar surface area (TPSA) is 42.2 Å². The molecule has 0 radical (unpaired) electrons. The maximum atomic E-state index is 6.16. The van der Waals surface area contributed by atoms with Gasteiger partial charge in [-0.05, 0) is 19.1 Å². The molecule has 0 aliphatic carbocycles. The van der Waals surface area contributed by atoms with Crippen LogP contribution in [0.4, 0.5) is 0 Å². The van der Waals surface area contributed by atoms with Crippen LogP contribution in [0, 0.1) is 0 Å². The van der Waals surface area contributed by atoms with Gasteiger partial charge >= 0.3 is 0 Å². The number of benzene rings is 1. The van der Waals surface area contributed by atoms with Crippen LogP contribution in [-0.2, 0) is 6.54 Å². The third-order valence-electron chi connectivity index (χ3n) is 3.92. The van der Waals surface area contributed by atoms with E-state index in [1.807, 2.05) is 36.0 Å². The molecule has 1 aromatic heterocycles. The zero-order chi connectivity index (χ0) is 14.8. The molecule has 1 aromatic carbocycles. The Morgan fingerprint density at radius 2 is 2.14 bits per heavy atom. The van der Waals surface area contributed by atoms with Gasteiger partial charge in [0.05, 0.1) is 17.1 Å². The van der Waals surface area contributed by atoms with Crippen LogP contribution < -0.4 is 0 Å². The summed E-state index contributed by atoms with van der Waals surface area (Å²) in [6.07, 6.45) is 0. The van der Waals surface area contributed by atoms with Gasteiger partial charge in [-0.15, -0.1) is 10.2 Å². The van der Waals surface area contributed by atoms with Crippen LogP contribution in [0.2, 0.25) is 5.02 Å². The van der Waals surface area contributed by atoms with Crippen molar-refractivity contribution >= 4 is 23.4 Å². The molecule has 3 rings (SSSR count). The van der Waals surface area contributed by atoms with Crippen LogP contribution in [0.5, 0.6) is 0 Å². The molecule has 1 aliphatic heterocycles. The molecule has 2 heterocycles. The fourth-order valence-corrected chi connectivity index (χ4v) is 3.83. The Kier molecular flexibility index (Phi) is 4.52. The first kappa shape index (κ1) is 14.9. The number of nitrogens with zero attached hydrogens (tertiary/aromatic N) is 3. The Morgan fingerprint density at radius 1 is 1.33 bits per heavy atom. The van der Waals surface area contributed by atoms with Gasteiger partial charge in [0.25, 0.3) is 0 Å². The van der Waals surface area contributed by atoms with Gasteiger partial charge in [-0.2, -0.15) is 11.8 Å². The summed E-state index contributed by atoms with van der Waals surface area (Å²) in [7, 11) is 0. The van der Waals surface area contributed by atoms with Crippen LogP contribution in [-0.4, -0.2) is 38.7 Å². The predicted molar refractivity (Wildman–Crippen MR) is 86.5 cm³/mol. The molecule has 112 valence electrons. The van der Waals surface area contributed by atoms with Crippen molar-refractivity contribution in [2.75, 3.05) is 12.3 Å². The summed E-state index contributed by atoms with van der Waals surface area (Å²) >= 11 is 8.18. The van der Waals surface area contributed by atoms with E-state index in [4.69, 9.17) is 16.0 Å². The average molecular weight is 324 g/mol. The summed E-state index contributed by atoms with van der Waals surface area (Å²) in [5.74, 6) is 2.29. The molecular weight excluding hydrogens is 306 g/mol. The first-order chi connectivity index (χ1) is 10.1. The SMILES string of the molecule is C[C@@H]1[C@@H](C)SCCN1Cc1nnc(-c2ccccc2Cl)o1. The summed E-state index contributed by atoms with van der Waals surface area (Å²) in [6, 6.07) is 8.03. The minimum atomic E-state index is 0.489. The maximum absolute atomic E-state index is 6.16. The van der Waals surface area contributed by atoms with E-state index in [0.29, 0.717) is 34.6 Å². The Balaban J connectivity index is 1.75. The lowest BCUT2D eigenvalue weighted by atomic mass is 10.2. The fourth-order valence-electron chi connectivity index (χ4n) is 2.45. The molecule has 1 fully saturated rings. The molecule has 21 heavy (non-hydrogen) atoms. The van der Waals surface area contributed by atoms with Gasteiger partial charge < -0.3 is 4.42 Å². The third-order valence-corrected chi connectivity index (χ3v) is 5.59. The highest BCUT2D eigenvalue weighted by Crippen LogP contribution is 2.28. The molecule has 0 N–H and O–H groups in total. The van der Waals surface area contributed by atoms with Gasteiger partial charge in [-0.3, -0.25) is 4.90 Å². The number of hydrogen-bond acceptors (Lipinski definition) is 5. The van der Waals surface area contributed by atoms with Crippen molar-refractivity contribution in [3.8, 4) is 11.5 Å². The molecule has 1 saturated heterocycles. The van der Waals surface area contributed by atoms with Crippen molar-refractivity contribution in [2.45, 2.75) is 31.7 Å². The summed E-state index contributed by atoms with van der Waals surface area (Å²) in [5.41, 5.74) is 0.786. The van der Waals surface area contributed by atoms with Crippen molar-refractivity contribution in [2.24, 2.45) is 0 Å². The second-order valence-electron chi connectivity index (χ2n) is 5.27. The summed E-state index contributed by atoms with van der Waals surface area (Å²) in [4.78, 5) is 2.39. The van der Waals surface area contributed by atoms with Gasteiger partial charge in [0, 0.05) is 23.6 Å². The second kappa shape index (κ2) is 6.38. The normalized spacial score (nSPS) is 23.4. The minimum absolute atomic E-state index is 0.489. The van der Waals surface area contributed by atoms with E-state index in [2.05, 4.69) is 28.9 Å². The minimum Gasteiger partial charge on any atom is -0.419 e. The van der Waals surface area contributed by atoms with Crippen LogP contribution in [0.1, 0.15) is 19.7 Å². The first-order valence-electron chi connectivity index (χ1n) is 7.08. The van der Waals surface area contributed by atoms with Gasteiger partial charge in [0.15, 0.2) is 0 Å². The van der Waals surface area contributed by atoms with E-state index < -0.39 is 0 Å². The number of hydrogen-bond donors (Lipinski definition) is 0. The van der Waals surface area contributed by atoms with E-state index in [-0.39, 0.29) is 0 Å². The molecule has 2 atom stereocenters. The highest BCUT2D eigenvalue weighted by atomic mass is 35.5. The van der Waals surface area contributed by atoms with Crippen molar-refractivity contribution in [1.82, 2.24) is 15.1 Å². The Labute approximate surface area is 133 Å². The molecule has 1 aliphatic rings. The van der Waals surface area contributed by atoms with E-state index in [0.717, 1.165) is 17.9 Å². The maximum Gasteiger partial charge on any atom is 0.249 e. The zero-order valence-corrected chi connectivity index (χ0v) is 13.7. The third kappa shape index (κ3) is 3.25. The van der Waals surface area contributed by atoms with E-state index in [9.17, 15) is 0 Å². The lowest BCUT2D eigenvalue weighted by molar-refractivity contribution is 0.186. The van der Waals surface area contributed by atoms with E-state index >= 15 is 0 Å². The molecular formula is C15H18ClN3OS. The monoisotopic (exact) mass is 323 g/mol. The van der Waals surface area contributed by atoms with Gasteiger partial charge in [-0.25, -0.2) is 0 Å². The van der Waals surface area contributed by atoms with Gasteiger partial charge in [-0.1, -0.05) is 30.7 Å². The molecule has 0 unspecified atom stereocenters. The van der Waals surface area contributed by atoms with E-state index in [1.54, 1.807) is 0 Å².